The molecule has 180 valence electrons. The summed E-state index contributed by atoms with van der Waals surface area (Å²) in [6.45, 7) is 4.65. The van der Waals surface area contributed by atoms with Crippen LogP contribution in [0, 0.1) is 17.8 Å². The molecule has 6 fully saturated rings. The number of rotatable bonds is 5. The van der Waals surface area contributed by atoms with Crippen molar-refractivity contribution < 1.29 is 22.6 Å². The molecule has 6 aliphatic rings. The number of nitrogens with zero attached hydrogens (tertiary/aromatic N) is 5. The predicted octanol–water partition coefficient (Wildman–Crippen LogP) is 2.66. The summed E-state index contributed by atoms with van der Waals surface area (Å²) in [7, 11) is 0. The van der Waals surface area contributed by atoms with E-state index >= 15 is 0 Å². The smallest absolute Gasteiger partial charge is 0.402 e. The molecular formula is C23H25F3N6O2. The molecule has 4 saturated heterocycles. The second-order valence-electron chi connectivity index (χ2n) is 10.3. The van der Waals surface area contributed by atoms with Crippen LogP contribution < -0.4 is 15.4 Å². The molecule has 8 rings (SSSR count). The number of nitrogens with two attached hydrogens (primary N) is 1. The molecule has 34 heavy (non-hydrogen) atoms. The minimum absolute atomic E-state index is 0.312. The Morgan fingerprint density at radius 1 is 1.03 bits per heavy atom. The number of likely N-dealkylation sites (tertiary alicyclic amines) is 1. The molecule has 2 aromatic rings. The van der Waals surface area contributed by atoms with Crippen LogP contribution in [0.4, 0.5) is 24.9 Å². The van der Waals surface area contributed by atoms with Crippen molar-refractivity contribution in [1.82, 2.24) is 19.9 Å². The van der Waals surface area contributed by atoms with Crippen molar-refractivity contribution in [3.63, 3.8) is 0 Å². The van der Waals surface area contributed by atoms with E-state index in [9.17, 15) is 13.2 Å². The van der Waals surface area contributed by atoms with Crippen LogP contribution in [-0.2, 0) is 4.74 Å². The number of pyridine rings is 1. The van der Waals surface area contributed by atoms with Crippen molar-refractivity contribution in [3.05, 3.63) is 24.0 Å². The summed E-state index contributed by atoms with van der Waals surface area (Å²) in [4.78, 5) is 18.5. The Kier molecular flexibility index (Phi) is 4.37. The van der Waals surface area contributed by atoms with Gasteiger partial charge in [0.05, 0.1) is 30.6 Å². The maximum Gasteiger partial charge on any atom is 0.573 e. The van der Waals surface area contributed by atoms with Crippen LogP contribution in [0.5, 0.6) is 5.75 Å². The lowest BCUT2D eigenvalue weighted by Crippen LogP contribution is -2.48. The summed E-state index contributed by atoms with van der Waals surface area (Å²) in [5, 5.41) is 0. The molecule has 3 atom stereocenters. The first-order valence-corrected chi connectivity index (χ1v) is 11.8. The summed E-state index contributed by atoms with van der Waals surface area (Å²) in [5.74, 6) is 1.98. The third kappa shape index (κ3) is 3.39. The normalized spacial score (nSPS) is 32.3. The Hall–Kier alpha value is -2.66. The first kappa shape index (κ1) is 20.7. The van der Waals surface area contributed by atoms with Gasteiger partial charge in [-0.25, -0.2) is 15.0 Å². The Bertz CT molecular complexity index is 1120. The summed E-state index contributed by atoms with van der Waals surface area (Å²) in [6.07, 6.45) is -1.09. The standard InChI is InChI=1S/C23H25F3N6O2/c24-23(25,26)34-19-3-12(5-28-21(19)27)17-4-18(30-22(29-17)32-6-11-1-13(32)2-11)20-15-7-31(8-16(15)20)14-9-33-10-14/h3-5,11,13-16,20H,1-2,6-10H2,(H2,27,28)/t11?,13?,15-,16+,20+. The van der Waals surface area contributed by atoms with E-state index in [1.807, 2.05) is 6.07 Å². The zero-order chi connectivity index (χ0) is 23.2. The van der Waals surface area contributed by atoms with Crippen LogP contribution in [0.1, 0.15) is 24.5 Å². The topological polar surface area (TPSA) is 89.6 Å². The van der Waals surface area contributed by atoms with Gasteiger partial charge >= 0.3 is 6.36 Å². The molecule has 6 heterocycles. The van der Waals surface area contributed by atoms with Gasteiger partial charge in [0.2, 0.25) is 5.95 Å². The van der Waals surface area contributed by atoms with Gasteiger partial charge in [-0.05, 0) is 42.7 Å². The third-order valence-corrected chi connectivity index (χ3v) is 8.20. The molecule has 8 nitrogen and oxygen atoms in total. The quantitative estimate of drug-likeness (QED) is 0.708. The van der Waals surface area contributed by atoms with Crippen molar-refractivity contribution in [3.8, 4) is 17.0 Å². The fourth-order valence-corrected chi connectivity index (χ4v) is 6.21. The number of aromatic nitrogens is 3. The number of piperidine rings is 1. The van der Waals surface area contributed by atoms with Gasteiger partial charge in [0.1, 0.15) is 0 Å². The number of alkyl halides is 3. The third-order valence-electron chi connectivity index (χ3n) is 8.20. The van der Waals surface area contributed by atoms with E-state index in [0.29, 0.717) is 53.0 Å². The van der Waals surface area contributed by atoms with Crippen LogP contribution in [0.3, 0.4) is 0 Å². The molecule has 0 aromatic carbocycles. The number of hydrogen-bond donors (Lipinski definition) is 1. The van der Waals surface area contributed by atoms with E-state index < -0.39 is 12.1 Å². The number of anilines is 2. The van der Waals surface area contributed by atoms with Crippen LogP contribution in [0.15, 0.2) is 18.3 Å². The molecule has 0 radical (unpaired) electrons. The van der Waals surface area contributed by atoms with Crippen LogP contribution in [-0.4, -0.2) is 71.1 Å². The lowest BCUT2D eigenvalue weighted by atomic mass is 9.86. The highest BCUT2D eigenvalue weighted by atomic mass is 19.4. The molecule has 2 bridgehead atoms. The van der Waals surface area contributed by atoms with Gasteiger partial charge < -0.3 is 20.1 Å². The summed E-state index contributed by atoms with van der Waals surface area (Å²) >= 11 is 0. The highest BCUT2D eigenvalue weighted by molar-refractivity contribution is 5.66. The maximum atomic E-state index is 12.8. The number of nitrogen functional groups attached to an aromatic ring is 1. The lowest BCUT2D eigenvalue weighted by Gasteiger charge is -2.35. The van der Waals surface area contributed by atoms with E-state index in [4.69, 9.17) is 20.4 Å². The molecule has 11 heteroatoms. The summed E-state index contributed by atoms with van der Waals surface area (Å²) in [5.41, 5.74) is 7.60. The fourth-order valence-electron chi connectivity index (χ4n) is 6.21. The van der Waals surface area contributed by atoms with Gasteiger partial charge in [-0.15, -0.1) is 13.2 Å². The Morgan fingerprint density at radius 3 is 2.41 bits per heavy atom. The first-order chi connectivity index (χ1) is 16.3. The van der Waals surface area contributed by atoms with Gasteiger partial charge in [0, 0.05) is 43.4 Å². The average molecular weight is 474 g/mol. The molecule has 2 saturated carbocycles. The monoisotopic (exact) mass is 474 g/mol. The lowest BCUT2D eigenvalue weighted by molar-refractivity contribution is -0.274. The zero-order valence-corrected chi connectivity index (χ0v) is 18.4. The van der Waals surface area contributed by atoms with Gasteiger partial charge in [-0.1, -0.05) is 0 Å². The van der Waals surface area contributed by atoms with Crippen molar-refractivity contribution >= 4 is 11.8 Å². The average Bonchev–Trinajstić information content (AvgIpc) is 3.11. The van der Waals surface area contributed by atoms with E-state index in [-0.39, 0.29) is 5.82 Å². The number of fused-ring (bicyclic) bond motifs is 2. The van der Waals surface area contributed by atoms with Gasteiger partial charge in [0.15, 0.2) is 11.6 Å². The van der Waals surface area contributed by atoms with Gasteiger partial charge in [-0.3, -0.25) is 4.90 Å². The van der Waals surface area contributed by atoms with Gasteiger partial charge in [-0.2, -0.15) is 0 Å². The van der Waals surface area contributed by atoms with Crippen molar-refractivity contribution in [2.24, 2.45) is 17.8 Å². The van der Waals surface area contributed by atoms with Gasteiger partial charge in [0.25, 0.3) is 0 Å². The van der Waals surface area contributed by atoms with E-state index in [1.165, 1.54) is 12.3 Å². The van der Waals surface area contributed by atoms with E-state index in [0.717, 1.165) is 51.4 Å². The summed E-state index contributed by atoms with van der Waals surface area (Å²) < 4.78 is 48.0. The molecule has 0 unspecified atom stereocenters. The SMILES string of the molecule is Nc1ncc(-c2cc([C@H]3[C@@H]4CN(C5COC5)C[C@@H]43)nc(N3CC4CC3C4)n2)cc1OC(F)(F)F. The van der Waals surface area contributed by atoms with Crippen molar-refractivity contribution in [2.45, 2.75) is 37.2 Å². The molecule has 2 aromatic heterocycles. The molecule has 4 aliphatic heterocycles. The van der Waals surface area contributed by atoms with Crippen molar-refractivity contribution in [2.75, 3.05) is 43.5 Å². The van der Waals surface area contributed by atoms with Crippen LogP contribution >= 0.6 is 0 Å². The minimum Gasteiger partial charge on any atom is -0.402 e. The van der Waals surface area contributed by atoms with E-state index in [1.54, 1.807) is 0 Å². The van der Waals surface area contributed by atoms with E-state index in [2.05, 4.69) is 19.5 Å². The second kappa shape index (κ2) is 7.17. The molecule has 2 aliphatic carbocycles. The molecule has 0 spiro atoms. The zero-order valence-electron chi connectivity index (χ0n) is 18.4. The van der Waals surface area contributed by atoms with Crippen LogP contribution in [0.2, 0.25) is 0 Å². The second-order valence-corrected chi connectivity index (χ2v) is 10.3. The van der Waals surface area contributed by atoms with Crippen LogP contribution in [0.25, 0.3) is 11.3 Å². The molecular weight excluding hydrogens is 449 g/mol. The minimum atomic E-state index is -4.85. The highest BCUT2D eigenvalue weighted by Crippen LogP contribution is 2.58. The molecule has 0 amide bonds. The van der Waals surface area contributed by atoms with Crippen molar-refractivity contribution in [1.29, 1.82) is 0 Å². The number of halogens is 3. The maximum absolute atomic E-state index is 12.8. The first-order valence-electron chi connectivity index (χ1n) is 11.8. The highest BCUT2D eigenvalue weighted by Gasteiger charge is 2.58. The number of ether oxygens (including phenoxy) is 2. The summed E-state index contributed by atoms with van der Waals surface area (Å²) in [6, 6.07) is 4.17. The Morgan fingerprint density at radius 2 is 1.79 bits per heavy atom. The Labute approximate surface area is 194 Å². The molecule has 2 N–H and O–H groups in total. The number of hydrogen-bond acceptors (Lipinski definition) is 8. The largest absolute Gasteiger partial charge is 0.573 e. The fraction of sp³-hybridized carbons (Fsp3) is 0.609. The Balaban J connectivity index is 1.22. The predicted molar refractivity (Wildman–Crippen MR) is 116 cm³/mol.